The number of carboxylic acid groups (broad SMARTS) is 1. The van der Waals surface area contributed by atoms with Gasteiger partial charge < -0.3 is 10.8 Å². The van der Waals surface area contributed by atoms with Gasteiger partial charge in [-0.15, -0.1) is 11.3 Å². The van der Waals surface area contributed by atoms with Crippen molar-refractivity contribution >= 4 is 28.8 Å². The summed E-state index contributed by atoms with van der Waals surface area (Å²) in [4.78, 5) is 26.6. The van der Waals surface area contributed by atoms with Crippen molar-refractivity contribution in [1.82, 2.24) is 9.97 Å². The molecule has 0 fully saturated rings. The Bertz CT molecular complexity index is 543. The van der Waals surface area contributed by atoms with E-state index >= 15 is 0 Å². The second-order valence-corrected chi connectivity index (χ2v) is 3.56. The van der Waals surface area contributed by atoms with Gasteiger partial charge >= 0.3 is 11.7 Å². The predicted molar refractivity (Wildman–Crippen MR) is 64.4 cm³/mol. The van der Waals surface area contributed by atoms with Gasteiger partial charge in [-0.2, -0.15) is 0 Å². The number of nitrogen functional groups attached to an aromatic ring is 1. The van der Waals surface area contributed by atoms with E-state index in [0.717, 1.165) is 0 Å². The minimum absolute atomic E-state index is 0.0486. The zero-order chi connectivity index (χ0) is 13.5. The quantitative estimate of drug-likeness (QED) is 0.621. The van der Waals surface area contributed by atoms with E-state index < -0.39 is 10.9 Å². The molecule has 0 spiro atoms. The summed E-state index contributed by atoms with van der Waals surface area (Å²) < 4.78 is 0. The van der Waals surface area contributed by atoms with Crippen molar-refractivity contribution in [2.75, 3.05) is 5.73 Å². The van der Waals surface area contributed by atoms with Crippen LogP contribution in [0.4, 0.5) is 11.5 Å². The van der Waals surface area contributed by atoms with Crippen LogP contribution in [0.3, 0.4) is 0 Å². The smallest absolute Gasteiger partial charge is 0.355 e. The fraction of sp³-hybridized carbons (Fsp3) is 0. The first-order valence-electron chi connectivity index (χ1n) is 4.48. The molecule has 3 N–H and O–H groups in total. The monoisotopic (exact) mass is 268 g/mol. The molecule has 2 rings (SSSR count). The molecular weight excluding hydrogens is 260 g/mol. The lowest BCUT2D eigenvalue weighted by Crippen LogP contribution is -1.96. The lowest BCUT2D eigenvalue weighted by atomic mass is 10.4. The maximum absolute atomic E-state index is 10.1. The van der Waals surface area contributed by atoms with Crippen LogP contribution in [0.25, 0.3) is 0 Å². The van der Waals surface area contributed by atoms with Gasteiger partial charge in [0.2, 0.25) is 5.82 Å². The van der Waals surface area contributed by atoms with E-state index in [0.29, 0.717) is 0 Å². The summed E-state index contributed by atoms with van der Waals surface area (Å²) in [7, 11) is 0. The molecule has 0 saturated heterocycles. The Morgan fingerprint density at radius 2 is 2.22 bits per heavy atom. The normalized spacial score (nSPS) is 9.11. The number of nitrogens with two attached hydrogens (primary N) is 1. The van der Waals surface area contributed by atoms with Crippen LogP contribution in [0.5, 0.6) is 0 Å². The van der Waals surface area contributed by atoms with Crippen LogP contribution >= 0.6 is 11.3 Å². The van der Waals surface area contributed by atoms with Crippen LogP contribution in [0.2, 0.25) is 0 Å². The number of thiazole rings is 1. The van der Waals surface area contributed by atoms with Crippen molar-refractivity contribution in [3.8, 4) is 0 Å². The average Bonchev–Trinajstić information content (AvgIpc) is 2.83. The van der Waals surface area contributed by atoms with Gasteiger partial charge in [0.05, 0.1) is 10.4 Å². The van der Waals surface area contributed by atoms with Gasteiger partial charge in [-0.05, 0) is 6.07 Å². The van der Waals surface area contributed by atoms with Gasteiger partial charge in [-0.1, -0.05) is 0 Å². The van der Waals surface area contributed by atoms with Gasteiger partial charge in [0, 0.05) is 17.6 Å². The molecule has 0 atom stereocenters. The highest BCUT2D eigenvalue weighted by Crippen LogP contribution is 2.15. The van der Waals surface area contributed by atoms with E-state index in [-0.39, 0.29) is 17.2 Å². The van der Waals surface area contributed by atoms with Crippen LogP contribution in [-0.2, 0) is 0 Å². The third-order valence-corrected chi connectivity index (χ3v) is 2.25. The van der Waals surface area contributed by atoms with Crippen LogP contribution < -0.4 is 5.73 Å². The Hall–Kier alpha value is -2.55. The molecule has 0 aliphatic rings. The van der Waals surface area contributed by atoms with Crippen molar-refractivity contribution in [3.05, 3.63) is 45.0 Å². The van der Waals surface area contributed by atoms with Gasteiger partial charge in [0.1, 0.15) is 0 Å². The molecule has 94 valence electrons. The van der Waals surface area contributed by atoms with E-state index in [1.165, 1.54) is 40.6 Å². The highest BCUT2D eigenvalue weighted by molar-refractivity contribution is 7.07. The molecule has 0 aromatic carbocycles. The largest absolute Gasteiger partial charge is 0.476 e. The molecule has 0 amide bonds. The van der Waals surface area contributed by atoms with E-state index in [1.54, 1.807) is 0 Å². The second-order valence-electron chi connectivity index (χ2n) is 2.84. The third kappa shape index (κ3) is 3.79. The number of carbonyl (C=O) groups is 1. The highest BCUT2D eigenvalue weighted by atomic mass is 32.1. The maximum atomic E-state index is 10.1. The molecule has 0 bridgehead atoms. The number of rotatable bonds is 2. The van der Waals surface area contributed by atoms with E-state index in [4.69, 9.17) is 10.8 Å². The Morgan fingerprint density at radius 3 is 2.56 bits per heavy atom. The van der Waals surface area contributed by atoms with Crippen molar-refractivity contribution in [2.24, 2.45) is 0 Å². The van der Waals surface area contributed by atoms with E-state index in [1.807, 2.05) is 0 Å². The van der Waals surface area contributed by atoms with Crippen LogP contribution in [0.1, 0.15) is 10.5 Å². The van der Waals surface area contributed by atoms with Gasteiger partial charge in [0.15, 0.2) is 5.69 Å². The van der Waals surface area contributed by atoms with Gasteiger partial charge in [0.25, 0.3) is 0 Å². The van der Waals surface area contributed by atoms with E-state index in [2.05, 4.69) is 9.97 Å². The van der Waals surface area contributed by atoms with Gasteiger partial charge in [-0.3, -0.25) is 10.1 Å². The summed E-state index contributed by atoms with van der Waals surface area (Å²) >= 11 is 1.28. The highest BCUT2D eigenvalue weighted by Gasteiger charge is 2.08. The zero-order valence-electron chi connectivity index (χ0n) is 8.89. The molecule has 0 radical (unpaired) electrons. The Labute approximate surface area is 105 Å². The third-order valence-electron chi connectivity index (χ3n) is 1.66. The Balaban J connectivity index is 0.000000184. The van der Waals surface area contributed by atoms with Crippen molar-refractivity contribution in [2.45, 2.75) is 0 Å². The first-order chi connectivity index (χ1) is 8.52. The molecule has 18 heavy (non-hydrogen) atoms. The van der Waals surface area contributed by atoms with Crippen molar-refractivity contribution in [1.29, 1.82) is 0 Å². The molecule has 0 saturated carbocycles. The number of carboxylic acids is 1. The standard InChI is InChI=1S/C5H5N3O2.C4H3NO2S/c6-5-4(8(9)10)2-1-3-7-5;6-4(7)3-1-8-2-5-3/h1-3H,(H2,6,7);1-2H,(H,6,7). The maximum Gasteiger partial charge on any atom is 0.355 e. The predicted octanol–water partition coefficient (Wildman–Crippen LogP) is 1.41. The molecule has 2 aromatic heterocycles. The summed E-state index contributed by atoms with van der Waals surface area (Å²) in [6.07, 6.45) is 1.41. The first-order valence-corrected chi connectivity index (χ1v) is 5.43. The number of aromatic carboxylic acids is 1. The summed E-state index contributed by atoms with van der Waals surface area (Å²) in [5.74, 6) is -1.02. The zero-order valence-corrected chi connectivity index (χ0v) is 9.70. The molecule has 2 heterocycles. The topological polar surface area (TPSA) is 132 Å². The number of nitro groups is 1. The number of hydrogen-bond donors (Lipinski definition) is 2. The van der Waals surface area contributed by atoms with E-state index in [9.17, 15) is 14.9 Å². The Kier molecular flexibility index (Phi) is 4.69. The number of aromatic nitrogens is 2. The molecule has 9 heteroatoms. The lowest BCUT2D eigenvalue weighted by molar-refractivity contribution is -0.384. The van der Waals surface area contributed by atoms with Gasteiger partial charge in [-0.25, -0.2) is 14.8 Å². The number of nitrogens with zero attached hydrogens (tertiary/aromatic N) is 3. The lowest BCUT2D eigenvalue weighted by Gasteiger charge is -1.91. The molecule has 0 aliphatic carbocycles. The summed E-state index contributed by atoms with van der Waals surface area (Å²) in [5.41, 5.74) is 6.63. The van der Waals surface area contributed by atoms with Crippen LogP contribution in [0.15, 0.2) is 29.2 Å². The van der Waals surface area contributed by atoms with Crippen LogP contribution in [0, 0.1) is 10.1 Å². The summed E-state index contributed by atoms with van der Waals surface area (Å²) in [6.45, 7) is 0. The minimum Gasteiger partial charge on any atom is -0.476 e. The molecule has 2 aromatic rings. The minimum atomic E-state index is -0.966. The Morgan fingerprint density at radius 1 is 1.50 bits per heavy atom. The van der Waals surface area contributed by atoms with Crippen molar-refractivity contribution in [3.63, 3.8) is 0 Å². The molecule has 8 nitrogen and oxygen atoms in total. The first kappa shape index (κ1) is 13.5. The fourth-order valence-electron chi connectivity index (χ4n) is 0.882. The molecular formula is C9H8N4O4S. The second kappa shape index (κ2) is 6.25. The fourth-order valence-corrected chi connectivity index (χ4v) is 1.41. The number of pyridine rings is 1. The molecule has 0 aliphatic heterocycles. The van der Waals surface area contributed by atoms with Crippen LogP contribution in [-0.4, -0.2) is 26.0 Å². The van der Waals surface area contributed by atoms with Crippen molar-refractivity contribution < 1.29 is 14.8 Å². The summed E-state index contributed by atoms with van der Waals surface area (Å²) in [5, 5.41) is 19.8. The number of anilines is 1. The summed E-state index contributed by atoms with van der Waals surface area (Å²) in [6, 6.07) is 2.77. The SMILES string of the molecule is Nc1ncccc1[N+](=O)[O-].O=C(O)c1cscn1. The molecule has 0 unspecified atom stereocenters. The average molecular weight is 268 g/mol. The number of hydrogen-bond acceptors (Lipinski definition) is 7.